The molecule has 2 aromatic heterocycles. The number of hydrogen-bond donors (Lipinski definition) is 2. The number of anilines is 2. The average molecular weight is 473 g/mol. The molecule has 32 heavy (non-hydrogen) atoms. The zero-order valence-electron chi connectivity index (χ0n) is 17.6. The third-order valence-corrected chi connectivity index (χ3v) is 7.18. The molecular weight excluding hydrogens is 448 g/mol. The molecule has 1 aliphatic rings. The Hall–Kier alpha value is -2.99. The third-order valence-electron chi connectivity index (χ3n) is 5.31. The molecular formula is C20H24N8O2S2. The Kier molecular flexibility index (Phi) is 6.70. The van der Waals surface area contributed by atoms with Crippen LogP contribution in [0.25, 0.3) is 10.9 Å². The molecule has 0 bridgehead atoms. The molecule has 0 saturated carbocycles. The van der Waals surface area contributed by atoms with Crippen molar-refractivity contribution in [2.45, 2.75) is 36.7 Å². The van der Waals surface area contributed by atoms with Gasteiger partial charge in [0.1, 0.15) is 18.2 Å². The van der Waals surface area contributed by atoms with Crippen molar-refractivity contribution in [3.05, 3.63) is 30.1 Å². The van der Waals surface area contributed by atoms with Crippen molar-refractivity contribution >= 4 is 56.8 Å². The number of aromatic nitrogens is 4. The summed E-state index contributed by atoms with van der Waals surface area (Å²) in [6, 6.07) is 5.29. The molecule has 4 rings (SSSR count). The van der Waals surface area contributed by atoms with Gasteiger partial charge in [-0.2, -0.15) is 0 Å². The van der Waals surface area contributed by atoms with E-state index in [0.29, 0.717) is 41.3 Å². The number of piperazine rings is 1. The minimum Gasteiger partial charge on any atom is -0.383 e. The molecule has 168 valence electrons. The maximum absolute atomic E-state index is 13.3. The van der Waals surface area contributed by atoms with Crippen molar-refractivity contribution in [1.82, 2.24) is 30.0 Å². The van der Waals surface area contributed by atoms with Crippen molar-refractivity contribution in [1.29, 1.82) is 0 Å². The topological polar surface area (TPSA) is 144 Å². The summed E-state index contributed by atoms with van der Waals surface area (Å²) in [5, 5.41) is 8.85. The van der Waals surface area contributed by atoms with E-state index in [4.69, 9.17) is 11.5 Å². The molecule has 1 atom stereocenters. The molecule has 2 amide bonds. The largest absolute Gasteiger partial charge is 0.383 e. The van der Waals surface area contributed by atoms with Gasteiger partial charge < -0.3 is 21.3 Å². The minimum absolute atomic E-state index is 0.0288. The van der Waals surface area contributed by atoms with Crippen LogP contribution in [0.4, 0.5) is 10.9 Å². The van der Waals surface area contributed by atoms with Crippen molar-refractivity contribution in [2.24, 2.45) is 0 Å². The van der Waals surface area contributed by atoms with Crippen LogP contribution in [0, 0.1) is 0 Å². The normalized spacial score (nSPS) is 16.7. The van der Waals surface area contributed by atoms with Gasteiger partial charge >= 0.3 is 0 Å². The van der Waals surface area contributed by atoms with Crippen LogP contribution in [0.15, 0.2) is 28.9 Å². The highest BCUT2D eigenvalue weighted by atomic mass is 32.2. The van der Waals surface area contributed by atoms with Gasteiger partial charge in [-0.05, 0) is 24.1 Å². The third kappa shape index (κ3) is 4.75. The lowest BCUT2D eigenvalue weighted by atomic mass is 10.0. The van der Waals surface area contributed by atoms with Crippen LogP contribution in [-0.2, 0) is 16.1 Å². The van der Waals surface area contributed by atoms with E-state index in [-0.39, 0.29) is 17.6 Å². The molecule has 3 heterocycles. The average Bonchev–Trinajstić information content (AvgIpc) is 3.20. The highest BCUT2D eigenvalue weighted by Crippen LogP contribution is 2.26. The standard InChI is InChI=1S/C20H24N8O2S2/c1-2-3-15-18(30)27(9-12-4-5-13-14(8-12)23-11-24-17(13)21)6-7-28(15)16(29)10-31-20-26-25-19(22)32-20/h4-5,8,11,15H,2-3,6-7,9-10H2,1H3,(H2,22,25)(H2,21,23,24). The van der Waals surface area contributed by atoms with E-state index < -0.39 is 6.04 Å². The fraction of sp³-hybridized carbons (Fsp3) is 0.400. The van der Waals surface area contributed by atoms with Gasteiger partial charge in [-0.1, -0.05) is 42.5 Å². The van der Waals surface area contributed by atoms with Crippen LogP contribution in [0.5, 0.6) is 0 Å². The maximum Gasteiger partial charge on any atom is 0.245 e. The number of nitrogens with two attached hydrogens (primary N) is 2. The Morgan fingerprint density at radius 1 is 1.25 bits per heavy atom. The number of rotatable bonds is 7. The monoisotopic (exact) mass is 472 g/mol. The van der Waals surface area contributed by atoms with E-state index in [9.17, 15) is 9.59 Å². The molecule has 1 fully saturated rings. The molecule has 0 aliphatic carbocycles. The second kappa shape index (κ2) is 9.65. The van der Waals surface area contributed by atoms with E-state index in [1.165, 1.54) is 29.4 Å². The van der Waals surface area contributed by atoms with E-state index >= 15 is 0 Å². The van der Waals surface area contributed by atoms with E-state index in [0.717, 1.165) is 22.9 Å². The number of nitrogen functional groups attached to an aromatic ring is 2. The number of carbonyl (C=O) groups excluding carboxylic acids is 2. The summed E-state index contributed by atoms with van der Waals surface area (Å²) in [6.45, 7) is 3.45. The smallest absolute Gasteiger partial charge is 0.245 e. The summed E-state index contributed by atoms with van der Waals surface area (Å²) in [5.74, 6) is 0.530. The Morgan fingerprint density at radius 3 is 2.84 bits per heavy atom. The lowest BCUT2D eigenvalue weighted by molar-refractivity contribution is -0.151. The highest BCUT2D eigenvalue weighted by molar-refractivity contribution is 8.01. The fourth-order valence-corrected chi connectivity index (χ4v) is 5.30. The molecule has 1 aromatic carbocycles. The van der Waals surface area contributed by atoms with Gasteiger partial charge in [0.15, 0.2) is 4.34 Å². The van der Waals surface area contributed by atoms with Gasteiger partial charge in [0.2, 0.25) is 16.9 Å². The van der Waals surface area contributed by atoms with Gasteiger partial charge in [-0.3, -0.25) is 9.59 Å². The summed E-state index contributed by atoms with van der Waals surface area (Å²) in [7, 11) is 0. The minimum atomic E-state index is -0.459. The van der Waals surface area contributed by atoms with E-state index in [2.05, 4.69) is 20.2 Å². The Labute approximate surface area is 193 Å². The zero-order valence-corrected chi connectivity index (χ0v) is 19.2. The number of hydrogen-bond acceptors (Lipinski definition) is 10. The summed E-state index contributed by atoms with van der Waals surface area (Å²) in [5.41, 5.74) is 13.2. The Morgan fingerprint density at radius 2 is 2.09 bits per heavy atom. The second-order valence-electron chi connectivity index (χ2n) is 7.46. The van der Waals surface area contributed by atoms with E-state index in [1.54, 1.807) is 4.90 Å². The quantitative estimate of drug-likeness (QED) is 0.491. The number of nitrogens with zero attached hydrogens (tertiary/aromatic N) is 6. The van der Waals surface area contributed by atoms with Crippen LogP contribution in [-0.4, -0.2) is 66.7 Å². The Balaban J connectivity index is 1.44. The first kappa shape index (κ1) is 22.2. The van der Waals surface area contributed by atoms with Gasteiger partial charge in [0.05, 0.1) is 11.3 Å². The zero-order chi connectivity index (χ0) is 22.7. The van der Waals surface area contributed by atoms with E-state index in [1.807, 2.05) is 30.0 Å². The highest BCUT2D eigenvalue weighted by Gasteiger charge is 2.36. The number of amides is 2. The number of benzene rings is 1. The molecule has 0 spiro atoms. The SMILES string of the molecule is CCCC1C(=O)N(Cc2ccc3c(N)ncnc3c2)CCN1C(=O)CSc1nnc(N)s1. The van der Waals surface area contributed by atoms with Crippen LogP contribution in [0.2, 0.25) is 0 Å². The van der Waals surface area contributed by atoms with Crippen LogP contribution in [0.1, 0.15) is 25.3 Å². The number of carbonyl (C=O) groups is 2. The molecule has 12 heteroatoms. The number of fused-ring (bicyclic) bond motifs is 1. The molecule has 10 nitrogen and oxygen atoms in total. The van der Waals surface area contributed by atoms with Crippen molar-refractivity contribution in [3.8, 4) is 0 Å². The summed E-state index contributed by atoms with van der Waals surface area (Å²) >= 11 is 2.54. The van der Waals surface area contributed by atoms with Crippen molar-refractivity contribution in [2.75, 3.05) is 30.3 Å². The predicted molar refractivity (Wildman–Crippen MR) is 125 cm³/mol. The van der Waals surface area contributed by atoms with Crippen LogP contribution in [0.3, 0.4) is 0 Å². The first-order valence-corrected chi connectivity index (χ1v) is 12.1. The molecule has 1 saturated heterocycles. The predicted octanol–water partition coefficient (Wildman–Crippen LogP) is 1.78. The van der Waals surface area contributed by atoms with Crippen LogP contribution >= 0.6 is 23.1 Å². The first-order chi connectivity index (χ1) is 15.5. The summed E-state index contributed by atoms with van der Waals surface area (Å²) < 4.78 is 0.647. The van der Waals surface area contributed by atoms with Gasteiger partial charge in [0.25, 0.3) is 0 Å². The van der Waals surface area contributed by atoms with Gasteiger partial charge in [-0.15, -0.1) is 10.2 Å². The molecule has 1 unspecified atom stereocenters. The maximum atomic E-state index is 13.3. The molecule has 0 radical (unpaired) electrons. The number of thioether (sulfide) groups is 1. The lowest BCUT2D eigenvalue weighted by Crippen LogP contribution is -2.58. The molecule has 1 aliphatic heterocycles. The second-order valence-corrected chi connectivity index (χ2v) is 9.69. The summed E-state index contributed by atoms with van der Waals surface area (Å²) in [4.78, 5) is 38.0. The molecule has 3 aromatic rings. The Bertz CT molecular complexity index is 1140. The van der Waals surface area contributed by atoms with Crippen molar-refractivity contribution < 1.29 is 9.59 Å². The van der Waals surface area contributed by atoms with Gasteiger partial charge in [-0.25, -0.2) is 9.97 Å². The first-order valence-electron chi connectivity index (χ1n) is 10.3. The lowest BCUT2D eigenvalue weighted by Gasteiger charge is -2.40. The fourth-order valence-electron chi connectivity index (χ4n) is 3.77. The molecule has 4 N–H and O–H groups in total. The van der Waals surface area contributed by atoms with Crippen LogP contribution < -0.4 is 11.5 Å². The van der Waals surface area contributed by atoms with Gasteiger partial charge in [0, 0.05) is 25.0 Å². The van der Waals surface area contributed by atoms with Crippen molar-refractivity contribution in [3.63, 3.8) is 0 Å². The summed E-state index contributed by atoms with van der Waals surface area (Å²) in [6.07, 6.45) is 2.86.